The van der Waals surface area contributed by atoms with E-state index in [1.807, 2.05) is 20.8 Å². The van der Waals surface area contributed by atoms with Crippen LogP contribution in [0.25, 0.3) is 0 Å². The predicted octanol–water partition coefficient (Wildman–Crippen LogP) is 5.50. The Bertz CT molecular complexity index is 1120. The van der Waals surface area contributed by atoms with E-state index in [4.69, 9.17) is 16.3 Å². The van der Waals surface area contributed by atoms with Gasteiger partial charge in [-0.15, -0.1) is 11.6 Å². The molecule has 2 aromatic rings. The average Bonchev–Trinajstić information content (AvgIpc) is 3.24. The van der Waals surface area contributed by atoms with Gasteiger partial charge in [-0.1, -0.05) is 12.7 Å². The molecule has 10 heteroatoms. The van der Waals surface area contributed by atoms with E-state index in [-0.39, 0.29) is 29.6 Å². The number of ether oxygens (including phenoxy) is 1. The van der Waals surface area contributed by atoms with E-state index < -0.39 is 11.7 Å². The molecule has 0 aliphatic carbocycles. The molecule has 0 aliphatic rings. The molecular formula is C26H35ClN6O3. The van der Waals surface area contributed by atoms with Gasteiger partial charge in [0.05, 0.1) is 11.4 Å². The van der Waals surface area contributed by atoms with Gasteiger partial charge in [0.2, 0.25) is 0 Å². The van der Waals surface area contributed by atoms with Crippen molar-refractivity contribution in [3.05, 3.63) is 65.3 Å². The van der Waals surface area contributed by atoms with Crippen LogP contribution in [0.2, 0.25) is 0 Å². The standard InChI is InChI=1S/C26H35ClN6O3/c1-9-10-19(28-8)14-22(17(3)27)33-12-11-21(32-33)24(34)29-15-20-16(2)13-23(30-18(20)4)31-25(35)36-26(5,6)7/h9-13,17,22H,1,8,14-15H2,2-7H3,(H,29,34)(H,30,31,35)/b19-10+/t17?,22-/m1/s1. The zero-order valence-corrected chi connectivity index (χ0v) is 22.5. The van der Waals surface area contributed by atoms with Crippen molar-refractivity contribution in [3.63, 3.8) is 0 Å². The summed E-state index contributed by atoms with van der Waals surface area (Å²) in [6.07, 6.45) is 5.05. The first kappa shape index (κ1) is 28.8. The molecule has 2 aromatic heterocycles. The Morgan fingerprint density at radius 3 is 2.58 bits per heavy atom. The highest BCUT2D eigenvalue weighted by Gasteiger charge is 2.22. The number of carbonyl (C=O) groups is 2. The number of carbonyl (C=O) groups excluding carboxylic acids is 2. The fourth-order valence-electron chi connectivity index (χ4n) is 3.50. The van der Waals surface area contributed by atoms with Crippen LogP contribution in [0.4, 0.5) is 10.6 Å². The second-order valence-electron chi connectivity index (χ2n) is 9.38. The number of aromatic nitrogens is 3. The Labute approximate surface area is 217 Å². The zero-order chi connectivity index (χ0) is 27.0. The van der Waals surface area contributed by atoms with Crippen LogP contribution in [0.3, 0.4) is 0 Å². The van der Waals surface area contributed by atoms with Crippen LogP contribution in [0.15, 0.2) is 47.7 Å². The number of rotatable bonds is 10. The van der Waals surface area contributed by atoms with Crippen molar-refractivity contribution >= 4 is 36.1 Å². The van der Waals surface area contributed by atoms with Crippen LogP contribution in [0, 0.1) is 13.8 Å². The largest absolute Gasteiger partial charge is 0.444 e. The molecule has 0 radical (unpaired) electrons. The van der Waals surface area contributed by atoms with Crippen molar-refractivity contribution in [2.45, 2.75) is 71.5 Å². The van der Waals surface area contributed by atoms with E-state index in [0.717, 1.165) is 16.8 Å². The first-order chi connectivity index (χ1) is 16.8. The summed E-state index contributed by atoms with van der Waals surface area (Å²) in [6.45, 7) is 18.5. The normalized spacial score (nSPS) is 13.5. The lowest BCUT2D eigenvalue weighted by Crippen LogP contribution is -2.28. The summed E-state index contributed by atoms with van der Waals surface area (Å²) in [6, 6.07) is 3.16. The van der Waals surface area contributed by atoms with Crippen molar-refractivity contribution in [2.75, 3.05) is 5.32 Å². The zero-order valence-electron chi connectivity index (χ0n) is 21.8. The van der Waals surface area contributed by atoms with Gasteiger partial charge in [0.15, 0.2) is 0 Å². The quantitative estimate of drug-likeness (QED) is 0.247. The maximum Gasteiger partial charge on any atom is 0.413 e. The fraction of sp³-hybridized carbons (Fsp3) is 0.423. The first-order valence-corrected chi connectivity index (χ1v) is 12.0. The molecule has 0 fully saturated rings. The molecule has 9 nitrogen and oxygen atoms in total. The number of hydrogen-bond donors (Lipinski definition) is 2. The average molecular weight is 515 g/mol. The highest BCUT2D eigenvalue weighted by molar-refractivity contribution is 6.20. The third-order valence-electron chi connectivity index (χ3n) is 5.25. The molecule has 0 aliphatic heterocycles. The van der Waals surface area contributed by atoms with Crippen LogP contribution in [0.1, 0.15) is 67.5 Å². The topological polar surface area (TPSA) is 110 Å². The van der Waals surface area contributed by atoms with Gasteiger partial charge in [-0.05, 0) is 77.6 Å². The smallest absolute Gasteiger partial charge is 0.413 e. The molecule has 1 unspecified atom stereocenters. The highest BCUT2D eigenvalue weighted by atomic mass is 35.5. The van der Waals surface area contributed by atoms with Crippen molar-refractivity contribution in [2.24, 2.45) is 4.99 Å². The lowest BCUT2D eigenvalue weighted by molar-refractivity contribution is 0.0635. The van der Waals surface area contributed by atoms with Crippen molar-refractivity contribution in [1.82, 2.24) is 20.1 Å². The number of aliphatic imine (C=N–C) groups is 1. The van der Waals surface area contributed by atoms with Gasteiger partial charge >= 0.3 is 6.09 Å². The number of amides is 2. The monoisotopic (exact) mass is 514 g/mol. The van der Waals surface area contributed by atoms with E-state index in [1.54, 1.807) is 55.9 Å². The van der Waals surface area contributed by atoms with E-state index in [1.165, 1.54) is 0 Å². The molecule has 36 heavy (non-hydrogen) atoms. The summed E-state index contributed by atoms with van der Waals surface area (Å²) < 4.78 is 6.94. The fourth-order valence-corrected chi connectivity index (χ4v) is 3.71. The van der Waals surface area contributed by atoms with Gasteiger partial charge in [-0.2, -0.15) is 5.10 Å². The summed E-state index contributed by atoms with van der Waals surface area (Å²) in [4.78, 5) is 33.3. The highest BCUT2D eigenvalue weighted by Crippen LogP contribution is 2.25. The molecular weight excluding hydrogens is 480 g/mol. The number of halogens is 1. The van der Waals surface area contributed by atoms with Gasteiger partial charge in [0.1, 0.15) is 17.1 Å². The molecule has 0 saturated carbocycles. The Morgan fingerprint density at radius 2 is 2.03 bits per heavy atom. The van der Waals surface area contributed by atoms with Crippen LogP contribution < -0.4 is 10.6 Å². The molecule has 2 amide bonds. The number of aryl methyl sites for hydroxylation is 2. The number of nitrogens with zero attached hydrogens (tertiary/aromatic N) is 4. The summed E-state index contributed by atoms with van der Waals surface area (Å²) in [5.41, 5.74) is 2.79. The Kier molecular flexibility index (Phi) is 9.98. The maximum absolute atomic E-state index is 12.8. The Hall–Kier alpha value is -3.46. The van der Waals surface area contributed by atoms with Crippen LogP contribution in [0.5, 0.6) is 0 Å². The van der Waals surface area contributed by atoms with Crippen LogP contribution >= 0.6 is 11.6 Å². The van der Waals surface area contributed by atoms with Crippen LogP contribution in [-0.4, -0.2) is 44.5 Å². The summed E-state index contributed by atoms with van der Waals surface area (Å²) >= 11 is 6.40. The molecule has 0 saturated heterocycles. The van der Waals surface area contributed by atoms with Crippen molar-refractivity contribution in [1.29, 1.82) is 0 Å². The number of nitrogens with one attached hydrogen (secondary N) is 2. The molecule has 2 N–H and O–H groups in total. The van der Waals surface area contributed by atoms with Gasteiger partial charge in [-0.3, -0.25) is 19.8 Å². The summed E-state index contributed by atoms with van der Waals surface area (Å²) in [5.74, 6) is 0.0568. The molecule has 0 aromatic carbocycles. The third kappa shape index (κ3) is 8.34. The number of allylic oxidation sites excluding steroid dienone is 3. The molecule has 0 spiro atoms. The van der Waals surface area contributed by atoms with Gasteiger partial charge < -0.3 is 10.1 Å². The molecule has 0 bridgehead atoms. The van der Waals surface area contributed by atoms with Crippen molar-refractivity contribution < 1.29 is 14.3 Å². The minimum atomic E-state index is -0.611. The first-order valence-electron chi connectivity index (χ1n) is 11.6. The Balaban J connectivity index is 2.09. The van der Waals surface area contributed by atoms with E-state index >= 15 is 0 Å². The number of pyridine rings is 1. The van der Waals surface area contributed by atoms with E-state index in [0.29, 0.717) is 17.9 Å². The maximum atomic E-state index is 12.8. The van der Waals surface area contributed by atoms with E-state index in [9.17, 15) is 9.59 Å². The van der Waals surface area contributed by atoms with Gasteiger partial charge in [0, 0.05) is 30.6 Å². The third-order valence-corrected chi connectivity index (χ3v) is 5.54. The van der Waals surface area contributed by atoms with Crippen LogP contribution in [-0.2, 0) is 11.3 Å². The number of alkyl halides is 1. The van der Waals surface area contributed by atoms with Gasteiger partial charge in [-0.25, -0.2) is 9.78 Å². The van der Waals surface area contributed by atoms with E-state index in [2.05, 4.69) is 39.0 Å². The lowest BCUT2D eigenvalue weighted by atomic mass is 10.1. The number of anilines is 1. The lowest BCUT2D eigenvalue weighted by Gasteiger charge is -2.20. The molecule has 2 heterocycles. The SMILES string of the molecule is C=C/C=C(\C[C@H](C(C)Cl)n1ccc(C(=O)NCc2c(C)cc(NC(=O)OC(C)(C)C)nc2C)n1)N=C. The van der Waals surface area contributed by atoms with Gasteiger partial charge in [0.25, 0.3) is 5.91 Å². The molecule has 2 rings (SSSR count). The molecule has 194 valence electrons. The summed E-state index contributed by atoms with van der Waals surface area (Å²) in [5, 5.41) is 9.71. The number of hydrogen-bond acceptors (Lipinski definition) is 6. The minimum Gasteiger partial charge on any atom is -0.444 e. The summed E-state index contributed by atoms with van der Waals surface area (Å²) in [7, 11) is 0. The predicted molar refractivity (Wildman–Crippen MR) is 144 cm³/mol. The Morgan fingerprint density at radius 1 is 1.33 bits per heavy atom. The molecule has 2 atom stereocenters. The second kappa shape index (κ2) is 12.5. The minimum absolute atomic E-state index is 0.219. The second-order valence-corrected chi connectivity index (χ2v) is 10.1. The van der Waals surface area contributed by atoms with Crippen molar-refractivity contribution in [3.8, 4) is 0 Å².